The van der Waals surface area contributed by atoms with Gasteiger partial charge in [-0.05, 0) is 24.6 Å². The van der Waals surface area contributed by atoms with Crippen molar-refractivity contribution in [2.24, 2.45) is 0 Å². The van der Waals surface area contributed by atoms with Crippen molar-refractivity contribution in [1.82, 2.24) is 19.7 Å². The molecular formula is C18H21FN4O. The van der Waals surface area contributed by atoms with Crippen molar-refractivity contribution in [1.29, 1.82) is 0 Å². The van der Waals surface area contributed by atoms with Gasteiger partial charge < -0.3 is 9.88 Å². The second-order valence-electron chi connectivity index (χ2n) is 6.06. The van der Waals surface area contributed by atoms with Crippen molar-refractivity contribution >= 4 is 16.8 Å². The molecule has 2 aromatic heterocycles. The maximum absolute atomic E-state index is 13.3. The zero-order chi connectivity index (χ0) is 16.0. The van der Waals surface area contributed by atoms with Crippen LogP contribution in [-0.2, 0) is 4.79 Å². The van der Waals surface area contributed by atoms with E-state index in [4.69, 9.17) is 0 Å². The van der Waals surface area contributed by atoms with Gasteiger partial charge in [-0.1, -0.05) is 7.43 Å². The quantitative estimate of drug-likeness (QED) is 0.781. The van der Waals surface area contributed by atoms with Crippen molar-refractivity contribution in [2.75, 3.05) is 13.6 Å². The molecule has 1 aliphatic rings. The molecule has 1 unspecified atom stereocenters. The molecule has 1 atom stereocenters. The van der Waals surface area contributed by atoms with Gasteiger partial charge in [0.25, 0.3) is 0 Å². The molecule has 1 amide bonds. The summed E-state index contributed by atoms with van der Waals surface area (Å²) in [5.41, 5.74) is 2.72. The number of nitrogens with one attached hydrogen (secondary N) is 1. The van der Waals surface area contributed by atoms with Gasteiger partial charge in [0.1, 0.15) is 5.82 Å². The molecule has 0 aliphatic carbocycles. The summed E-state index contributed by atoms with van der Waals surface area (Å²) in [4.78, 5) is 16.7. The zero-order valence-corrected chi connectivity index (χ0v) is 12.8. The van der Waals surface area contributed by atoms with E-state index in [1.165, 1.54) is 12.1 Å². The van der Waals surface area contributed by atoms with Crippen LogP contribution in [-0.4, -0.2) is 39.2 Å². The van der Waals surface area contributed by atoms with Crippen LogP contribution in [0.2, 0.25) is 0 Å². The first-order valence-electron chi connectivity index (χ1n) is 7.67. The second-order valence-corrected chi connectivity index (χ2v) is 6.06. The predicted octanol–water partition coefficient (Wildman–Crippen LogP) is 3.60. The second kappa shape index (κ2) is 6.11. The van der Waals surface area contributed by atoms with Crippen LogP contribution in [0.25, 0.3) is 22.0 Å². The van der Waals surface area contributed by atoms with Crippen molar-refractivity contribution in [3.63, 3.8) is 0 Å². The van der Waals surface area contributed by atoms with Gasteiger partial charge in [-0.3, -0.25) is 9.48 Å². The van der Waals surface area contributed by atoms with Crippen molar-refractivity contribution < 1.29 is 9.18 Å². The smallest absolute Gasteiger partial charge is 0.224 e. The molecule has 1 aliphatic heterocycles. The molecule has 1 aromatic carbocycles. The van der Waals surface area contributed by atoms with Crippen LogP contribution >= 0.6 is 0 Å². The Bertz CT molecular complexity index is 882. The van der Waals surface area contributed by atoms with Crippen LogP contribution in [0, 0.1) is 5.82 Å². The summed E-state index contributed by atoms with van der Waals surface area (Å²) in [7, 11) is 1.83. The Hall–Kier alpha value is -2.63. The number of nitrogens with zero attached hydrogens (tertiary/aromatic N) is 3. The fraction of sp³-hybridized carbons (Fsp3) is 0.333. The number of benzene rings is 1. The van der Waals surface area contributed by atoms with E-state index in [2.05, 4.69) is 10.1 Å². The minimum absolute atomic E-state index is 0. The van der Waals surface area contributed by atoms with Crippen LogP contribution in [0.4, 0.5) is 4.39 Å². The summed E-state index contributed by atoms with van der Waals surface area (Å²) in [5.74, 6) is -0.104. The number of rotatable bonds is 2. The molecule has 1 saturated heterocycles. The number of halogens is 1. The van der Waals surface area contributed by atoms with E-state index in [0.29, 0.717) is 6.42 Å². The number of hydrogen-bond acceptors (Lipinski definition) is 2. The number of carbonyl (C=O) groups is 1. The van der Waals surface area contributed by atoms with E-state index in [-0.39, 0.29) is 25.2 Å². The van der Waals surface area contributed by atoms with Gasteiger partial charge in [-0.2, -0.15) is 5.10 Å². The lowest BCUT2D eigenvalue weighted by atomic mass is 10.0. The van der Waals surface area contributed by atoms with Crippen molar-refractivity contribution in [3.8, 4) is 11.1 Å². The van der Waals surface area contributed by atoms with E-state index in [9.17, 15) is 9.18 Å². The number of aromatic nitrogens is 3. The summed E-state index contributed by atoms with van der Waals surface area (Å²) in [6.45, 7) is 0.755. The van der Waals surface area contributed by atoms with Gasteiger partial charge in [0.05, 0.1) is 12.2 Å². The fourth-order valence-electron chi connectivity index (χ4n) is 3.17. The van der Waals surface area contributed by atoms with E-state index in [1.54, 1.807) is 17.2 Å². The van der Waals surface area contributed by atoms with Crippen LogP contribution in [0.1, 0.15) is 26.3 Å². The Labute approximate surface area is 140 Å². The molecule has 6 heteroatoms. The normalized spacial score (nSPS) is 18.0. The van der Waals surface area contributed by atoms with Gasteiger partial charge in [-0.25, -0.2) is 4.39 Å². The highest BCUT2D eigenvalue weighted by Gasteiger charge is 2.25. The fourth-order valence-corrected chi connectivity index (χ4v) is 3.17. The molecule has 24 heavy (non-hydrogen) atoms. The molecule has 0 radical (unpaired) electrons. The summed E-state index contributed by atoms with van der Waals surface area (Å²) in [5, 5.41) is 5.40. The molecular weight excluding hydrogens is 307 g/mol. The SMILES string of the molecule is C.CN1CCC(n2cc(-c3c[nH]c4cc(F)ccc34)cn2)CC1=O. The number of amides is 1. The Morgan fingerprint density at radius 2 is 2.21 bits per heavy atom. The highest BCUT2D eigenvalue weighted by Crippen LogP contribution is 2.30. The number of aromatic amines is 1. The third kappa shape index (κ3) is 2.68. The third-order valence-corrected chi connectivity index (χ3v) is 4.56. The third-order valence-electron chi connectivity index (χ3n) is 4.56. The Morgan fingerprint density at radius 1 is 1.38 bits per heavy atom. The van der Waals surface area contributed by atoms with Gasteiger partial charge in [-0.15, -0.1) is 0 Å². The monoisotopic (exact) mass is 328 g/mol. The molecule has 5 nitrogen and oxygen atoms in total. The van der Waals surface area contributed by atoms with E-state index in [1.807, 2.05) is 24.1 Å². The first kappa shape index (κ1) is 16.2. The molecule has 1 fully saturated rings. The molecule has 1 N–H and O–H groups in total. The molecule has 0 spiro atoms. The molecule has 4 rings (SSSR count). The number of piperidine rings is 1. The average molecular weight is 328 g/mol. The molecule has 3 aromatic rings. The van der Waals surface area contributed by atoms with Crippen molar-refractivity contribution in [2.45, 2.75) is 26.3 Å². The molecule has 0 bridgehead atoms. The maximum atomic E-state index is 13.3. The maximum Gasteiger partial charge on any atom is 0.224 e. The first-order valence-corrected chi connectivity index (χ1v) is 7.67. The number of fused-ring (bicyclic) bond motifs is 1. The van der Waals surface area contributed by atoms with Crippen LogP contribution in [0.5, 0.6) is 0 Å². The standard InChI is InChI=1S/C17H17FN4O.CH4/c1-21-5-4-13(7-17(21)23)22-10-11(8-20-22)15-9-19-16-6-12(18)2-3-14(15)16;/h2-3,6,8-10,13,19H,4-5,7H2,1H3;1H4. The lowest BCUT2D eigenvalue weighted by molar-refractivity contribution is -0.133. The zero-order valence-electron chi connectivity index (χ0n) is 12.8. The van der Waals surface area contributed by atoms with Crippen LogP contribution < -0.4 is 0 Å². The Morgan fingerprint density at radius 3 is 3.00 bits per heavy atom. The van der Waals surface area contributed by atoms with E-state index >= 15 is 0 Å². The van der Waals surface area contributed by atoms with Gasteiger partial charge in [0.2, 0.25) is 5.91 Å². The lowest BCUT2D eigenvalue weighted by Crippen LogP contribution is -2.36. The minimum Gasteiger partial charge on any atom is -0.360 e. The predicted molar refractivity (Wildman–Crippen MR) is 92.1 cm³/mol. The summed E-state index contributed by atoms with van der Waals surface area (Å²) in [6, 6.07) is 4.82. The van der Waals surface area contributed by atoms with E-state index in [0.717, 1.165) is 35.0 Å². The average Bonchev–Trinajstić information content (AvgIpc) is 3.16. The van der Waals surface area contributed by atoms with E-state index < -0.39 is 0 Å². The molecule has 126 valence electrons. The first-order chi connectivity index (χ1) is 11.1. The molecule has 0 saturated carbocycles. The number of H-pyrrole nitrogens is 1. The van der Waals surface area contributed by atoms with Crippen LogP contribution in [0.3, 0.4) is 0 Å². The topological polar surface area (TPSA) is 53.9 Å². The highest BCUT2D eigenvalue weighted by molar-refractivity contribution is 5.95. The van der Waals surface area contributed by atoms with Crippen LogP contribution in [0.15, 0.2) is 36.8 Å². The van der Waals surface area contributed by atoms with Gasteiger partial charge in [0, 0.05) is 54.4 Å². The van der Waals surface area contributed by atoms with Gasteiger partial charge in [0.15, 0.2) is 0 Å². The van der Waals surface area contributed by atoms with Crippen molar-refractivity contribution in [3.05, 3.63) is 42.6 Å². The summed E-state index contributed by atoms with van der Waals surface area (Å²) in [6.07, 6.45) is 7.02. The largest absolute Gasteiger partial charge is 0.360 e. The Kier molecular flexibility index (Phi) is 4.13. The number of carbonyl (C=O) groups excluding carboxylic acids is 1. The minimum atomic E-state index is -0.258. The summed E-state index contributed by atoms with van der Waals surface area (Å²) >= 11 is 0. The highest BCUT2D eigenvalue weighted by atomic mass is 19.1. The summed E-state index contributed by atoms with van der Waals surface area (Å²) < 4.78 is 15.2. The Balaban J connectivity index is 0.00000169. The number of hydrogen-bond donors (Lipinski definition) is 1. The van der Waals surface area contributed by atoms with Gasteiger partial charge >= 0.3 is 0 Å². The lowest BCUT2D eigenvalue weighted by Gasteiger charge is -2.28. The molecule has 3 heterocycles. The number of likely N-dealkylation sites (tertiary alicyclic amines) is 1.